The van der Waals surface area contributed by atoms with Crippen molar-refractivity contribution in [1.82, 2.24) is 5.32 Å². The molecule has 1 aliphatic rings. The van der Waals surface area contributed by atoms with Crippen LogP contribution in [0.3, 0.4) is 0 Å². The predicted molar refractivity (Wildman–Crippen MR) is 64.8 cm³/mol. The second-order valence-corrected chi connectivity index (χ2v) is 4.45. The summed E-state index contributed by atoms with van der Waals surface area (Å²) < 4.78 is 13.3. The maximum Gasteiger partial charge on any atom is 0.126 e. The summed E-state index contributed by atoms with van der Waals surface area (Å²) in [6.07, 6.45) is 7.87. The van der Waals surface area contributed by atoms with Gasteiger partial charge in [0.05, 0.1) is 0 Å². The van der Waals surface area contributed by atoms with E-state index < -0.39 is 0 Å². The fraction of sp³-hybridized carbons (Fsp3) is 0.429. The van der Waals surface area contributed by atoms with Crippen LogP contribution in [-0.2, 0) is 6.54 Å². The van der Waals surface area contributed by atoms with E-state index in [0.717, 1.165) is 24.9 Å². The summed E-state index contributed by atoms with van der Waals surface area (Å²) in [5, 5.41) is 3.47. The molecule has 1 N–H and O–H groups in total. The Kier molecular flexibility index (Phi) is 3.73. The summed E-state index contributed by atoms with van der Waals surface area (Å²) in [6.45, 7) is 2.55. The van der Waals surface area contributed by atoms with Crippen molar-refractivity contribution >= 4 is 0 Å². The van der Waals surface area contributed by atoms with Crippen LogP contribution in [0, 0.1) is 12.7 Å². The molecule has 1 aliphatic carbocycles. The first-order chi connectivity index (χ1) is 7.75. The number of aryl methyl sites for hydroxylation is 1. The number of hydrogen-bond acceptors (Lipinski definition) is 1. The average Bonchev–Trinajstić information content (AvgIpc) is 2.32. The summed E-state index contributed by atoms with van der Waals surface area (Å²) >= 11 is 0. The Bertz CT molecular complexity index is 384. The van der Waals surface area contributed by atoms with Gasteiger partial charge in [0.25, 0.3) is 0 Å². The quantitative estimate of drug-likeness (QED) is 0.769. The van der Waals surface area contributed by atoms with E-state index in [1.807, 2.05) is 12.1 Å². The van der Waals surface area contributed by atoms with Crippen molar-refractivity contribution < 1.29 is 4.39 Å². The van der Waals surface area contributed by atoms with Gasteiger partial charge < -0.3 is 5.32 Å². The van der Waals surface area contributed by atoms with Crippen molar-refractivity contribution in [2.75, 3.05) is 0 Å². The van der Waals surface area contributed by atoms with Crippen LogP contribution < -0.4 is 5.32 Å². The van der Waals surface area contributed by atoms with E-state index in [-0.39, 0.29) is 5.82 Å². The second-order valence-electron chi connectivity index (χ2n) is 4.45. The molecular weight excluding hydrogens is 201 g/mol. The maximum atomic E-state index is 13.3. The van der Waals surface area contributed by atoms with E-state index in [1.54, 1.807) is 13.0 Å². The highest BCUT2D eigenvalue weighted by molar-refractivity contribution is 5.23. The first-order valence-electron chi connectivity index (χ1n) is 5.89. The lowest BCUT2D eigenvalue weighted by atomic mass is 10.0. The van der Waals surface area contributed by atoms with Crippen LogP contribution in [0.5, 0.6) is 0 Å². The van der Waals surface area contributed by atoms with Crippen molar-refractivity contribution in [2.24, 2.45) is 0 Å². The van der Waals surface area contributed by atoms with E-state index in [4.69, 9.17) is 0 Å². The molecule has 0 radical (unpaired) electrons. The van der Waals surface area contributed by atoms with Gasteiger partial charge in [0.1, 0.15) is 5.82 Å². The Morgan fingerprint density at radius 2 is 2.25 bits per heavy atom. The van der Waals surface area contributed by atoms with Crippen LogP contribution in [-0.4, -0.2) is 6.04 Å². The standard InChI is InChI=1S/C14H18FN/c1-11-7-8-12(9-14(11)15)10-16-13-5-3-2-4-6-13/h2-3,7-9,13,16H,4-6,10H2,1H3. The van der Waals surface area contributed by atoms with E-state index in [2.05, 4.69) is 17.5 Å². The molecule has 1 aromatic rings. The summed E-state index contributed by atoms with van der Waals surface area (Å²) in [6, 6.07) is 6.01. The summed E-state index contributed by atoms with van der Waals surface area (Å²) in [7, 11) is 0. The normalized spacial score (nSPS) is 20.0. The first-order valence-corrected chi connectivity index (χ1v) is 5.89. The Hall–Kier alpha value is -1.15. The minimum absolute atomic E-state index is 0.108. The van der Waals surface area contributed by atoms with Crippen LogP contribution in [0.2, 0.25) is 0 Å². The number of rotatable bonds is 3. The molecule has 0 saturated heterocycles. The lowest BCUT2D eigenvalue weighted by molar-refractivity contribution is 0.473. The van der Waals surface area contributed by atoms with Gasteiger partial charge in [-0.2, -0.15) is 0 Å². The SMILES string of the molecule is Cc1ccc(CNC2CC=CCC2)cc1F. The van der Waals surface area contributed by atoms with E-state index in [1.165, 1.54) is 6.42 Å². The molecule has 0 fully saturated rings. The highest BCUT2D eigenvalue weighted by Crippen LogP contribution is 2.13. The van der Waals surface area contributed by atoms with Gasteiger partial charge in [0.15, 0.2) is 0 Å². The molecule has 1 nitrogen and oxygen atoms in total. The lowest BCUT2D eigenvalue weighted by Gasteiger charge is -2.19. The smallest absolute Gasteiger partial charge is 0.126 e. The van der Waals surface area contributed by atoms with Gasteiger partial charge in [-0.25, -0.2) is 4.39 Å². The topological polar surface area (TPSA) is 12.0 Å². The Morgan fingerprint density at radius 1 is 1.38 bits per heavy atom. The van der Waals surface area contributed by atoms with Crippen LogP contribution in [0.4, 0.5) is 4.39 Å². The molecule has 1 unspecified atom stereocenters. The molecule has 1 aromatic carbocycles. The second kappa shape index (κ2) is 5.26. The van der Waals surface area contributed by atoms with Crippen LogP contribution >= 0.6 is 0 Å². The number of nitrogens with one attached hydrogen (secondary N) is 1. The number of hydrogen-bond donors (Lipinski definition) is 1. The van der Waals surface area contributed by atoms with Crippen LogP contribution in [0.25, 0.3) is 0 Å². The molecule has 0 amide bonds. The molecule has 2 rings (SSSR count). The molecular formula is C14H18FN. The van der Waals surface area contributed by atoms with Gasteiger partial charge in [-0.3, -0.25) is 0 Å². The zero-order valence-corrected chi connectivity index (χ0v) is 9.67. The molecule has 0 aromatic heterocycles. The van der Waals surface area contributed by atoms with Crippen molar-refractivity contribution in [1.29, 1.82) is 0 Å². The largest absolute Gasteiger partial charge is 0.310 e. The van der Waals surface area contributed by atoms with Crippen molar-refractivity contribution in [3.05, 3.63) is 47.3 Å². The Morgan fingerprint density at radius 3 is 2.94 bits per heavy atom. The Balaban J connectivity index is 1.89. The third-order valence-electron chi connectivity index (χ3n) is 3.10. The fourth-order valence-corrected chi connectivity index (χ4v) is 1.99. The van der Waals surface area contributed by atoms with Crippen LogP contribution in [0.15, 0.2) is 30.4 Å². The van der Waals surface area contributed by atoms with Gasteiger partial charge >= 0.3 is 0 Å². The number of benzene rings is 1. The molecule has 0 bridgehead atoms. The molecule has 0 aliphatic heterocycles. The highest BCUT2D eigenvalue weighted by atomic mass is 19.1. The van der Waals surface area contributed by atoms with Crippen LogP contribution in [0.1, 0.15) is 30.4 Å². The molecule has 16 heavy (non-hydrogen) atoms. The zero-order chi connectivity index (χ0) is 11.4. The summed E-state index contributed by atoms with van der Waals surface area (Å²) in [5.74, 6) is -0.108. The zero-order valence-electron chi connectivity index (χ0n) is 9.67. The molecule has 86 valence electrons. The van der Waals surface area contributed by atoms with Crippen molar-refractivity contribution in [3.63, 3.8) is 0 Å². The van der Waals surface area contributed by atoms with E-state index >= 15 is 0 Å². The molecule has 0 saturated carbocycles. The monoisotopic (exact) mass is 219 g/mol. The number of halogens is 1. The summed E-state index contributed by atoms with van der Waals surface area (Å²) in [5.41, 5.74) is 1.74. The molecule has 0 heterocycles. The minimum Gasteiger partial charge on any atom is -0.310 e. The molecule has 2 heteroatoms. The Labute approximate surface area is 96.4 Å². The highest BCUT2D eigenvalue weighted by Gasteiger charge is 2.08. The first kappa shape index (κ1) is 11.3. The van der Waals surface area contributed by atoms with Gasteiger partial charge in [-0.1, -0.05) is 24.3 Å². The van der Waals surface area contributed by atoms with E-state index in [9.17, 15) is 4.39 Å². The predicted octanol–water partition coefficient (Wildman–Crippen LogP) is 3.33. The molecule has 1 atom stereocenters. The molecule has 0 spiro atoms. The van der Waals surface area contributed by atoms with Gasteiger partial charge in [0, 0.05) is 12.6 Å². The maximum absolute atomic E-state index is 13.3. The summed E-state index contributed by atoms with van der Waals surface area (Å²) in [4.78, 5) is 0. The van der Waals surface area contributed by atoms with Gasteiger partial charge in [0.2, 0.25) is 0 Å². The van der Waals surface area contributed by atoms with Crippen molar-refractivity contribution in [2.45, 2.75) is 38.8 Å². The third kappa shape index (κ3) is 2.92. The van der Waals surface area contributed by atoms with Gasteiger partial charge in [-0.15, -0.1) is 0 Å². The fourth-order valence-electron chi connectivity index (χ4n) is 1.99. The van der Waals surface area contributed by atoms with Gasteiger partial charge in [-0.05, 0) is 43.4 Å². The lowest BCUT2D eigenvalue weighted by Crippen LogP contribution is -2.29. The van der Waals surface area contributed by atoms with E-state index in [0.29, 0.717) is 11.6 Å². The van der Waals surface area contributed by atoms with Crippen molar-refractivity contribution in [3.8, 4) is 0 Å². The third-order valence-corrected chi connectivity index (χ3v) is 3.10. The minimum atomic E-state index is -0.108. The number of allylic oxidation sites excluding steroid dienone is 1. The average molecular weight is 219 g/mol.